The molecule has 12 nitrogen and oxygen atoms in total. The van der Waals surface area contributed by atoms with E-state index in [4.69, 9.17) is 6.42 Å². The van der Waals surface area contributed by atoms with Gasteiger partial charge in [-0.1, -0.05) is 101 Å². The molecular weight excluding hydrogens is 655 g/mol. The quantitative estimate of drug-likeness (QED) is 0.0626. The lowest BCUT2D eigenvalue weighted by Gasteiger charge is -2.38. The third-order valence-corrected chi connectivity index (χ3v) is 8.46. The van der Waals surface area contributed by atoms with E-state index in [0.29, 0.717) is 12.3 Å². The van der Waals surface area contributed by atoms with E-state index in [1.807, 2.05) is 60.3 Å². The number of urea groups is 1. The smallest absolute Gasteiger partial charge is 0.315 e. The molecule has 0 aromatic heterocycles. The van der Waals surface area contributed by atoms with Crippen molar-refractivity contribution < 1.29 is 24.0 Å². The summed E-state index contributed by atoms with van der Waals surface area (Å²) in [6, 6.07) is -1.41. The van der Waals surface area contributed by atoms with Crippen molar-refractivity contribution in [2.75, 3.05) is 31.9 Å². The van der Waals surface area contributed by atoms with Crippen molar-refractivity contribution in [2.24, 2.45) is 16.7 Å². The van der Waals surface area contributed by atoms with Gasteiger partial charge in [-0.3, -0.25) is 19.2 Å². The van der Waals surface area contributed by atoms with Crippen LogP contribution < -0.4 is 26.7 Å². The lowest BCUT2D eigenvalue weighted by atomic mass is 9.85. The topological polar surface area (TPSA) is 152 Å². The SMILES string of the molecule is C#CCC.C=CCNC(=O)C(=O)C(C)NC=O.CC.CC.CC1CC(C)N(C(=O)C(NC(=O)NC(CSN2CCN2)C(C)(C)C)C(C)(C)C)C1. The molecule has 0 aromatic rings. The maximum atomic E-state index is 13.3. The number of ketones is 1. The number of rotatable bonds is 12. The predicted molar refractivity (Wildman–Crippen MR) is 209 cm³/mol. The van der Waals surface area contributed by atoms with Crippen LogP contribution in [0, 0.1) is 29.1 Å². The molecule has 2 aliphatic heterocycles. The summed E-state index contributed by atoms with van der Waals surface area (Å²) in [4.78, 5) is 60.1. The van der Waals surface area contributed by atoms with Gasteiger partial charge in [0.25, 0.3) is 5.91 Å². The summed E-state index contributed by atoms with van der Waals surface area (Å²) in [5.41, 5.74) is 2.77. The minimum atomic E-state index is -0.790. The van der Waals surface area contributed by atoms with Crippen molar-refractivity contribution in [1.82, 2.24) is 36.0 Å². The number of hydrogen-bond acceptors (Lipinski definition) is 8. The van der Waals surface area contributed by atoms with Crippen molar-refractivity contribution in [1.29, 1.82) is 0 Å². The fraction of sp³-hybridized carbons (Fsp3) is 0.757. The van der Waals surface area contributed by atoms with Gasteiger partial charge in [0, 0.05) is 50.4 Å². The molecule has 0 bridgehead atoms. The van der Waals surface area contributed by atoms with Crippen LogP contribution in [0.25, 0.3) is 0 Å². The molecule has 5 amide bonds. The molecule has 2 aliphatic rings. The van der Waals surface area contributed by atoms with E-state index in [0.717, 1.165) is 38.2 Å². The van der Waals surface area contributed by atoms with Crippen LogP contribution in [0.2, 0.25) is 0 Å². The predicted octanol–water partition coefficient (Wildman–Crippen LogP) is 4.91. The van der Waals surface area contributed by atoms with Crippen LogP contribution in [0.15, 0.2) is 12.7 Å². The molecule has 2 heterocycles. The third kappa shape index (κ3) is 21.2. The van der Waals surface area contributed by atoms with Crippen LogP contribution >= 0.6 is 11.9 Å². The molecule has 0 spiro atoms. The number of terminal acetylenes is 1. The summed E-state index contributed by atoms with van der Waals surface area (Å²) in [6.45, 7) is 34.4. The van der Waals surface area contributed by atoms with E-state index < -0.39 is 23.8 Å². The summed E-state index contributed by atoms with van der Waals surface area (Å²) in [7, 11) is 0. The molecule has 2 fully saturated rings. The Kier molecular flexibility index (Phi) is 28.3. The maximum absolute atomic E-state index is 13.3. The number of carbonyl (C=O) groups excluding carboxylic acids is 5. The standard InChI is InChI=1S/C21H41N5O2S.C8H12N2O3.C4H6.2C2H6/c1-14-11-15(2)25(12-14)18(27)17(21(6,7)8)24-19(28)23-16(20(3,4)5)13-29-26-10-9-22-26;1-3-4-9-8(13)7(12)6(2)10-5-11;1-3-4-2;2*1-2/h14-17,22H,9-13H2,1-8H3,(H2,23,24,28);3,5-6H,1,4H2,2H3,(H,9,13)(H,10,11);1H,4H2,2H3;2*1-2H3. The Morgan fingerprint density at radius 3 is 1.94 bits per heavy atom. The average molecular weight is 726 g/mol. The normalized spacial score (nSPS) is 18.2. The lowest BCUT2D eigenvalue weighted by molar-refractivity contribution is -0.139. The van der Waals surface area contributed by atoms with Crippen LogP contribution in [0.4, 0.5) is 4.79 Å². The van der Waals surface area contributed by atoms with E-state index in [9.17, 15) is 24.0 Å². The fourth-order valence-electron chi connectivity index (χ4n) is 4.36. The van der Waals surface area contributed by atoms with Gasteiger partial charge in [-0.05, 0) is 37.0 Å². The highest BCUT2D eigenvalue weighted by atomic mass is 32.2. The summed E-state index contributed by atoms with van der Waals surface area (Å²) in [5, 5.41) is 10.6. The number of Topliss-reactive ketones (excluding diaryl/α,β-unsaturated/α-hetero) is 1. The van der Waals surface area contributed by atoms with Gasteiger partial charge in [0.2, 0.25) is 18.1 Å². The van der Waals surface area contributed by atoms with Gasteiger partial charge < -0.3 is 26.2 Å². The monoisotopic (exact) mass is 726 g/mol. The van der Waals surface area contributed by atoms with Gasteiger partial charge in [-0.25, -0.2) is 10.2 Å². The van der Waals surface area contributed by atoms with Gasteiger partial charge in [0.15, 0.2) is 0 Å². The van der Waals surface area contributed by atoms with Crippen molar-refractivity contribution in [2.45, 2.75) is 134 Å². The molecule has 0 aromatic carbocycles. The highest BCUT2D eigenvalue weighted by Crippen LogP contribution is 2.28. The van der Waals surface area contributed by atoms with Gasteiger partial charge in [0.1, 0.15) is 6.04 Å². The number of hydrazine groups is 1. The Hall–Kier alpha value is -3.08. The first-order chi connectivity index (χ1) is 23.3. The zero-order chi connectivity index (χ0) is 39.7. The number of amides is 5. The summed E-state index contributed by atoms with van der Waals surface area (Å²) >= 11 is 1.70. The lowest BCUT2D eigenvalue weighted by Crippen LogP contribution is -2.59. The molecule has 5 unspecified atom stereocenters. The number of carbonyl (C=O) groups is 5. The molecule has 50 heavy (non-hydrogen) atoms. The Morgan fingerprint density at radius 1 is 1.04 bits per heavy atom. The Balaban J connectivity index is -0.000000874. The number of nitrogens with zero attached hydrogens (tertiary/aromatic N) is 2. The minimum Gasteiger partial charge on any atom is -0.349 e. The van der Waals surface area contributed by atoms with E-state index in [2.05, 4.69) is 78.2 Å². The van der Waals surface area contributed by atoms with E-state index in [1.54, 1.807) is 11.9 Å². The molecule has 5 N–H and O–H groups in total. The first-order valence-electron chi connectivity index (χ1n) is 17.9. The van der Waals surface area contributed by atoms with Crippen LogP contribution in [-0.4, -0.2) is 95.5 Å². The van der Waals surface area contributed by atoms with Gasteiger partial charge in [-0.2, -0.15) is 4.41 Å². The first kappa shape index (κ1) is 51.3. The molecule has 290 valence electrons. The van der Waals surface area contributed by atoms with Crippen molar-refractivity contribution in [3.05, 3.63) is 12.7 Å². The van der Waals surface area contributed by atoms with Gasteiger partial charge >= 0.3 is 6.03 Å². The largest absolute Gasteiger partial charge is 0.349 e. The number of likely N-dealkylation sites (tertiary alicyclic amines) is 1. The van der Waals surface area contributed by atoms with E-state index >= 15 is 0 Å². The first-order valence-corrected chi connectivity index (χ1v) is 18.9. The molecule has 0 aliphatic carbocycles. The average Bonchev–Trinajstić information content (AvgIpc) is 3.39. The Labute approximate surface area is 309 Å². The second-order valence-corrected chi connectivity index (χ2v) is 14.8. The van der Waals surface area contributed by atoms with Crippen LogP contribution in [0.1, 0.15) is 110 Å². The summed E-state index contributed by atoms with van der Waals surface area (Å²) in [6.07, 6.45) is 8.48. The second kappa shape index (κ2) is 27.6. The molecule has 13 heteroatoms. The van der Waals surface area contributed by atoms with Crippen molar-refractivity contribution in [3.8, 4) is 12.3 Å². The molecule has 2 saturated heterocycles. The highest BCUT2D eigenvalue weighted by Gasteiger charge is 2.40. The summed E-state index contributed by atoms with van der Waals surface area (Å²) in [5.74, 6) is 2.34. The highest BCUT2D eigenvalue weighted by molar-refractivity contribution is 7.97. The zero-order valence-corrected chi connectivity index (χ0v) is 34.4. The fourth-order valence-corrected chi connectivity index (χ4v) is 5.68. The van der Waals surface area contributed by atoms with Crippen molar-refractivity contribution >= 4 is 42.0 Å². The van der Waals surface area contributed by atoms with E-state index in [-0.39, 0.29) is 41.4 Å². The molecule has 5 atom stereocenters. The second-order valence-electron chi connectivity index (χ2n) is 13.7. The Morgan fingerprint density at radius 2 is 1.58 bits per heavy atom. The third-order valence-electron chi connectivity index (χ3n) is 7.35. The zero-order valence-electron chi connectivity index (χ0n) is 33.6. The molecule has 2 rings (SSSR count). The van der Waals surface area contributed by atoms with Crippen LogP contribution in [0.5, 0.6) is 0 Å². The number of hydrogen-bond donors (Lipinski definition) is 5. The van der Waals surface area contributed by atoms with Gasteiger partial charge in [0.05, 0.1) is 6.04 Å². The minimum absolute atomic E-state index is 0.0173. The van der Waals surface area contributed by atoms with Gasteiger partial charge in [-0.15, -0.1) is 18.9 Å². The van der Waals surface area contributed by atoms with E-state index in [1.165, 1.54) is 13.0 Å². The Bertz CT molecular complexity index is 1050. The molecule has 0 radical (unpaired) electrons. The molecule has 0 saturated carbocycles. The molecular formula is C37H71N7O5S. The number of nitrogens with one attached hydrogen (secondary N) is 5. The van der Waals surface area contributed by atoms with Crippen molar-refractivity contribution in [3.63, 3.8) is 0 Å². The van der Waals surface area contributed by atoms with Crippen LogP contribution in [-0.2, 0) is 19.2 Å². The summed E-state index contributed by atoms with van der Waals surface area (Å²) < 4.78 is 2.09. The van der Waals surface area contributed by atoms with Crippen LogP contribution in [0.3, 0.4) is 0 Å². The maximum Gasteiger partial charge on any atom is 0.315 e.